The minimum absolute atomic E-state index is 0.264. The summed E-state index contributed by atoms with van der Waals surface area (Å²) < 4.78 is 10.2. The van der Waals surface area contributed by atoms with E-state index in [0.717, 1.165) is 12.0 Å². The lowest BCUT2D eigenvalue weighted by Gasteiger charge is -2.29. The van der Waals surface area contributed by atoms with E-state index in [4.69, 9.17) is 9.47 Å². The standard InChI is InChI=1S/C16H25NO3/c1-5-13-7-9-14(10-8-13)16(3,15(18)20-6-2)17-11-12-19-4/h7-10,17H,5-6,11-12H2,1-4H3. The van der Waals surface area contributed by atoms with Crippen LogP contribution in [0.15, 0.2) is 24.3 Å². The van der Waals surface area contributed by atoms with Gasteiger partial charge >= 0.3 is 5.97 Å². The van der Waals surface area contributed by atoms with Crippen LogP contribution in [0.2, 0.25) is 0 Å². The first-order valence-corrected chi connectivity index (χ1v) is 7.09. The summed E-state index contributed by atoms with van der Waals surface area (Å²) in [5, 5.41) is 3.24. The van der Waals surface area contributed by atoms with E-state index in [1.54, 1.807) is 7.11 Å². The lowest BCUT2D eigenvalue weighted by molar-refractivity contribution is -0.151. The van der Waals surface area contributed by atoms with Gasteiger partial charge in [-0.05, 0) is 31.4 Å². The molecule has 0 aliphatic heterocycles. The predicted molar refractivity (Wildman–Crippen MR) is 79.7 cm³/mol. The van der Waals surface area contributed by atoms with Gasteiger partial charge in [0.25, 0.3) is 0 Å². The highest BCUT2D eigenvalue weighted by atomic mass is 16.5. The van der Waals surface area contributed by atoms with Gasteiger partial charge in [0, 0.05) is 13.7 Å². The zero-order valence-corrected chi connectivity index (χ0v) is 12.9. The van der Waals surface area contributed by atoms with Crippen LogP contribution in [0.3, 0.4) is 0 Å². The van der Waals surface area contributed by atoms with Crippen molar-refractivity contribution in [2.24, 2.45) is 0 Å². The summed E-state index contributed by atoms with van der Waals surface area (Å²) in [5.41, 5.74) is 1.31. The first kappa shape index (κ1) is 16.7. The molecule has 4 nitrogen and oxygen atoms in total. The van der Waals surface area contributed by atoms with Crippen molar-refractivity contribution < 1.29 is 14.3 Å². The zero-order valence-electron chi connectivity index (χ0n) is 12.9. The van der Waals surface area contributed by atoms with Gasteiger partial charge in [0.15, 0.2) is 0 Å². The second-order valence-corrected chi connectivity index (χ2v) is 4.82. The Kier molecular flexibility index (Phi) is 6.68. The van der Waals surface area contributed by atoms with Gasteiger partial charge in [-0.25, -0.2) is 4.79 Å². The highest BCUT2D eigenvalue weighted by Crippen LogP contribution is 2.23. The first-order valence-electron chi connectivity index (χ1n) is 7.09. The number of carbonyl (C=O) groups excluding carboxylic acids is 1. The molecule has 1 rings (SSSR count). The molecule has 0 bridgehead atoms. The maximum Gasteiger partial charge on any atom is 0.330 e. The van der Waals surface area contributed by atoms with Crippen LogP contribution in [0.5, 0.6) is 0 Å². The van der Waals surface area contributed by atoms with Gasteiger partial charge in [-0.2, -0.15) is 0 Å². The number of nitrogens with one attached hydrogen (secondary N) is 1. The summed E-state index contributed by atoms with van der Waals surface area (Å²) in [6.07, 6.45) is 0.980. The molecule has 1 unspecified atom stereocenters. The maximum absolute atomic E-state index is 12.3. The predicted octanol–water partition coefficient (Wildman–Crippen LogP) is 2.26. The second kappa shape index (κ2) is 8.02. The summed E-state index contributed by atoms with van der Waals surface area (Å²) >= 11 is 0. The number of methoxy groups -OCH3 is 1. The second-order valence-electron chi connectivity index (χ2n) is 4.82. The summed E-state index contributed by atoms with van der Waals surface area (Å²) in [4.78, 5) is 12.3. The Labute approximate surface area is 121 Å². The minimum atomic E-state index is -0.846. The molecule has 0 spiro atoms. The van der Waals surface area contributed by atoms with Crippen molar-refractivity contribution in [1.82, 2.24) is 5.32 Å². The van der Waals surface area contributed by atoms with E-state index in [-0.39, 0.29) is 5.97 Å². The Morgan fingerprint density at radius 2 is 1.90 bits per heavy atom. The molecule has 0 aliphatic carbocycles. The number of hydrogen-bond donors (Lipinski definition) is 1. The highest BCUT2D eigenvalue weighted by Gasteiger charge is 2.36. The Balaban J connectivity index is 2.97. The number of rotatable bonds is 8. The fourth-order valence-corrected chi connectivity index (χ4v) is 2.04. The van der Waals surface area contributed by atoms with Crippen molar-refractivity contribution in [2.75, 3.05) is 26.9 Å². The van der Waals surface area contributed by atoms with Crippen LogP contribution in [0.1, 0.15) is 31.9 Å². The normalized spacial score (nSPS) is 13.8. The van der Waals surface area contributed by atoms with Gasteiger partial charge in [0.2, 0.25) is 0 Å². The Hall–Kier alpha value is -1.39. The lowest BCUT2D eigenvalue weighted by Crippen LogP contribution is -2.48. The molecular weight excluding hydrogens is 254 g/mol. The molecule has 1 N–H and O–H groups in total. The monoisotopic (exact) mass is 279 g/mol. The lowest BCUT2D eigenvalue weighted by atomic mass is 9.91. The molecule has 0 fully saturated rings. The largest absolute Gasteiger partial charge is 0.464 e. The topological polar surface area (TPSA) is 47.6 Å². The molecule has 0 aliphatic rings. The van der Waals surface area contributed by atoms with Crippen molar-refractivity contribution in [3.63, 3.8) is 0 Å². The molecule has 1 aromatic rings. The smallest absolute Gasteiger partial charge is 0.330 e. The van der Waals surface area contributed by atoms with Crippen LogP contribution in [0.4, 0.5) is 0 Å². The molecule has 4 heteroatoms. The average molecular weight is 279 g/mol. The quantitative estimate of drug-likeness (QED) is 0.586. The van der Waals surface area contributed by atoms with Gasteiger partial charge in [-0.15, -0.1) is 0 Å². The SMILES string of the molecule is CCOC(=O)C(C)(NCCOC)c1ccc(CC)cc1. The van der Waals surface area contributed by atoms with Crippen LogP contribution in [0.25, 0.3) is 0 Å². The van der Waals surface area contributed by atoms with Crippen molar-refractivity contribution in [2.45, 2.75) is 32.7 Å². The third kappa shape index (κ3) is 4.05. The van der Waals surface area contributed by atoms with E-state index in [1.807, 2.05) is 38.1 Å². The van der Waals surface area contributed by atoms with E-state index in [0.29, 0.717) is 19.8 Å². The van der Waals surface area contributed by atoms with Gasteiger partial charge in [-0.1, -0.05) is 31.2 Å². The number of aryl methyl sites for hydroxylation is 1. The fraction of sp³-hybridized carbons (Fsp3) is 0.562. The minimum Gasteiger partial charge on any atom is -0.464 e. The third-order valence-electron chi connectivity index (χ3n) is 3.41. The Morgan fingerprint density at radius 3 is 2.40 bits per heavy atom. The summed E-state index contributed by atoms with van der Waals surface area (Å²) in [6, 6.07) is 8.06. The fourth-order valence-electron chi connectivity index (χ4n) is 2.04. The molecule has 0 saturated carbocycles. The van der Waals surface area contributed by atoms with Crippen LogP contribution in [0, 0.1) is 0 Å². The summed E-state index contributed by atoms with van der Waals surface area (Å²) in [7, 11) is 1.64. The summed E-state index contributed by atoms with van der Waals surface area (Å²) in [6.45, 7) is 7.27. The number of carbonyl (C=O) groups is 1. The van der Waals surface area contributed by atoms with Gasteiger partial charge in [0.05, 0.1) is 13.2 Å². The molecule has 0 aromatic heterocycles. The molecule has 112 valence electrons. The molecule has 20 heavy (non-hydrogen) atoms. The van der Waals surface area contributed by atoms with E-state index >= 15 is 0 Å². The Morgan fingerprint density at radius 1 is 1.25 bits per heavy atom. The average Bonchev–Trinajstić information content (AvgIpc) is 2.47. The first-order chi connectivity index (χ1) is 9.58. The molecule has 1 atom stereocenters. The van der Waals surface area contributed by atoms with Crippen molar-refractivity contribution in [3.05, 3.63) is 35.4 Å². The van der Waals surface area contributed by atoms with Gasteiger partial charge in [-0.3, -0.25) is 5.32 Å². The number of ether oxygens (including phenoxy) is 2. The van der Waals surface area contributed by atoms with E-state index in [9.17, 15) is 4.79 Å². The molecule has 1 aromatic carbocycles. The number of benzene rings is 1. The van der Waals surface area contributed by atoms with Gasteiger partial charge in [0.1, 0.15) is 5.54 Å². The van der Waals surface area contributed by atoms with Gasteiger partial charge < -0.3 is 9.47 Å². The van der Waals surface area contributed by atoms with Crippen molar-refractivity contribution in [1.29, 1.82) is 0 Å². The summed E-state index contributed by atoms with van der Waals surface area (Å²) in [5.74, 6) is -0.264. The zero-order chi connectivity index (χ0) is 15.0. The number of esters is 1. The maximum atomic E-state index is 12.3. The molecule has 0 radical (unpaired) electrons. The van der Waals surface area contributed by atoms with Crippen LogP contribution >= 0.6 is 0 Å². The van der Waals surface area contributed by atoms with E-state index in [1.165, 1.54) is 5.56 Å². The highest BCUT2D eigenvalue weighted by molar-refractivity contribution is 5.82. The molecule has 0 heterocycles. The van der Waals surface area contributed by atoms with Crippen molar-refractivity contribution >= 4 is 5.97 Å². The number of hydrogen-bond acceptors (Lipinski definition) is 4. The third-order valence-corrected chi connectivity index (χ3v) is 3.41. The van der Waals surface area contributed by atoms with E-state index < -0.39 is 5.54 Å². The molecule has 0 saturated heterocycles. The van der Waals surface area contributed by atoms with Crippen LogP contribution in [-0.2, 0) is 26.2 Å². The molecule has 0 amide bonds. The van der Waals surface area contributed by atoms with Crippen LogP contribution < -0.4 is 5.32 Å². The van der Waals surface area contributed by atoms with Crippen molar-refractivity contribution in [3.8, 4) is 0 Å². The Bertz CT molecular complexity index is 416. The molecular formula is C16H25NO3. The van der Waals surface area contributed by atoms with E-state index in [2.05, 4.69) is 12.2 Å². The van der Waals surface area contributed by atoms with Crippen LogP contribution in [-0.4, -0.2) is 32.8 Å².